The van der Waals surface area contributed by atoms with Crippen molar-refractivity contribution in [3.05, 3.63) is 52.0 Å². The molecular weight excluding hydrogens is 514 g/mol. The summed E-state index contributed by atoms with van der Waals surface area (Å²) in [6.45, 7) is 6.86. The van der Waals surface area contributed by atoms with Crippen LogP contribution in [0.2, 0.25) is 0 Å². The minimum absolute atomic E-state index is 0.242. The molecule has 1 N–H and O–H groups in total. The van der Waals surface area contributed by atoms with Gasteiger partial charge >= 0.3 is 6.09 Å². The van der Waals surface area contributed by atoms with Crippen molar-refractivity contribution in [1.82, 2.24) is 9.80 Å². The van der Waals surface area contributed by atoms with Crippen LogP contribution in [0.25, 0.3) is 0 Å². The van der Waals surface area contributed by atoms with E-state index >= 15 is 0 Å². The van der Waals surface area contributed by atoms with Gasteiger partial charge in [-0.15, -0.1) is 0 Å². The van der Waals surface area contributed by atoms with Gasteiger partial charge in [0.1, 0.15) is 29.7 Å². The zero-order valence-corrected chi connectivity index (χ0v) is 22.8. The first-order valence-corrected chi connectivity index (χ1v) is 12.3. The lowest BCUT2D eigenvalue weighted by Gasteiger charge is -2.37. The van der Waals surface area contributed by atoms with E-state index < -0.39 is 17.7 Å². The molecular formula is C26H34BrN3O5. The molecule has 2 aromatic carbocycles. The van der Waals surface area contributed by atoms with Crippen LogP contribution in [0, 0.1) is 0 Å². The van der Waals surface area contributed by atoms with E-state index in [4.69, 9.17) is 14.2 Å². The fourth-order valence-corrected chi connectivity index (χ4v) is 4.05. The largest absolute Gasteiger partial charge is 0.497 e. The van der Waals surface area contributed by atoms with Crippen LogP contribution in [0.4, 0.5) is 10.5 Å². The number of ether oxygens (including phenoxy) is 3. The van der Waals surface area contributed by atoms with Crippen molar-refractivity contribution in [2.45, 2.75) is 45.4 Å². The highest BCUT2D eigenvalue weighted by Crippen LogP contribution is 2.32. The number of fused-ring (bicyclic) bond motifs is 1. The lowest BCUT2D eigenvalue weighted by atomic mass is 9.93. The summed E-state index contributed by atoms with van der Waals surface area (Å²) in [5, 5.41) is 2.97. The second-order valence-electron chi connectivity index (χ2n) is 9.74. The van der Waals surface area contributed by atoms with Crippen molar-refractivity contribution in [3.63, 3.8) is 0 Å². The Hall–Kier alpha value is -2.78. The number of nitrogens with one attached hydrogen (secondary N) is 1. The molecule has 0 saturated heterocycles. The Morgan fingerprint density at radius 2 is 1.89 bits per heavy atom. The molecule has 0 saturated carbocycles. The minimum Gasteiger partial charge on any atom is -0.497 e. The number of carbonyl (C=O) groups excluding carboxylic acids is 2. The molecule has 0 radical (unpaired) electrons. The Bertz CT molecular complexity index is 1070. The second kappa shape index (κ2) is 11.3. The molecule has 1 heterocycles. The van der Waals surface area contributed by atoms with Crippen LogP contribution in [0.1, 0.15) is 31.9 Å². The minimum atomic E-state index is -0.746. The molecule has 1 aliphatic rings. The van der Waals surface area contributed by atoms with Gasteiger partial charge in [-0.25, -0.2) is 4.79 Å². The third-order valence-electron chi connectivity index (χ3n) is 5.47. The van der Waals surface area contributed by atoms with Crippen LogP contribution in [-0.2, 0) is 22.5 Å². The van der Waals surface area contributed by atoms with E-state index in [2.05, 4.69) is 21.2 Å². The Morgan fingerprint density at radius 3 is 2.54 bits per heavy atom. The van der Waals surface area contributed by atoms with Gasteiger partial charge in [0.25, 0.3) is 0 Å². The van der Waals surface area contributed by atoms with Gasteiger partial charge in [0.15, 0.2) is 0 Å². The highest BCUT2D eigenvalue weighted by molar-refractivity contribution is 9.10. The molecule has 2 amide bonds. The highest BCUT2D eigenvalue weighted by atomic mass is 79.9. The summed E-state index contributed by atoms with van der Waals surface area (Å²) in [4.78, 5) is 30.2. The Balaban J connectivity index is 1.87. The van der Waals surface area contributed by atoms with E-state index in [1.165, 1.54) is 4.90 Å². The second-order valence-corrected chi connectivity index (χ2v) is 10.7. The van der Waals surface area contributed by atoms with Gasteiger partial charge in [0.05, 0.1) is 19.3 Å². The first-order chi connectivity index (χ1) is 16.5. The van der Waals surface area contributed by atoms with Crippen molar-refractivity contribution in [1.29, 1.82) is 0 Å². The van der Waals surface area contributed by atoms with Crippen molar-refractivity contribution in [2.24, 2.45) is 0 Å². The fraction of sp³-hybridized carbons (Fsp3) is 0.462. The molecule has 2 aromatic rings. The topological polar surface area (TPSA) is 80.3 Å². The van der Waals surface area contributed by atoms with Gasteiger partial charge in [0, 0.05) is 17.4 Å². The number of hydrogen-bond acceptors (Lipinski definition) is 6. The van der Waals surface area contributed by atoms with Crippen molar-refractivity contribution in [2.75, 3.05) is 39.7 Å². The van der Waals surface area contributed by atoms with Crippen LogP contribution in [0.15, 0.2) is 40.9 Å². The lowest BCUT2D eigenvalue weighted by molar-refractivity contribution is -0.121. The number of anilines is 1. The maximum atomic E-state index is 13.5. The first kappa shape index (κ1) is 26.8. The number of halogens is 1. The standard InChI is InChI=1S/C26H34BrN3O5/c1-26(2,3)35-25(32)30-16-18-13-20(33-6)9-7-17(18)14-22(30)24(31)28-21-10-8-19(27)15-23(21)34-12-11-29(4)5/h7-10,13,15,22H,11-12,14,16H2,1-6H3,(H,28,31)/t22-/m1/s1. The van der Waals surface area contributed by atoms with Crippen molar-refractivity contribution < 1.29 is 23.8 Å². The van der Waals surface area contributed by atoms with Crippen LogP contribution >= 0.6 is 15.9 Å². The summed E-state index contributed by atoms with van der Waals surface area (Å²) >= 11 is 3.46. The molecule has 1 aliphatic heterocycles. The number of rotatable bonds is 7. The predicted octanol–water partition coefficient (Wildman–Crippen LogP) is 4.70. The van der Waals surface area contributed by atoms with Crippen molar-refractivity contribution >= 4 is 33.6 Å². The highest BCUT2D eigenvalue weighted by Gasteiger charge is 2.37. The molecule has 190 valence electrons. The summed E-state index contributed by atoms with van der Waals surface area (Å²) in [5.74, 6) is 0.946. The molecule has 1 atom stereocenters. The number of likely N-dealkylation sites (N-methyl/N-ethyl adjacent to an activating group) is 1. The predicted molar refractivity (Wildman–Crippen MR) is 139 cm³/mol. The smallest absolute Gasteiger partial charge is 0.411 e. The van der Waals surface area contributed by atoms with E-state index in [-0.39, 0.29) is 12.5 Å². The number of benzene rings is 2. The van der Waals surface area contributed by atoms with E-state index in [9.17, 15) is 9.59 Å². The average molecular weight is 548 g/mol. The van der Waals surface area contributed by atoms with Gasteiger partial charge in [-0.05, 0) is 76.3 Å². The Morgan fingerprint density at radius 1 is 1.14 bits per heavy atom. The molecule has 0 unspecified atom stereocenters. The molecule has 9 heteroatoms. The van der Waals surface area contributed by atoms with Gasteiger partial charge in [-0.2, -0.15) is 0 Å². The van der Waals surface area contributed by atoms with Crippen LogP contribution in [-0.4, -0.2) is 67.8 Å². The van der Waals surface area contributed by atoms with Crippen LogP contribution < -0.4 is 14.8 Å². The van der Waals surface area contributed by atoms with E-state index in [1.807, 2.05) is 49.3 Å². The summed E-state index contributed by atoms with van der Waals surface area (Å²) in [5.41, 5.74) is 1.77. The lowest BCUT2D eigenvalue weighted by Crippen LogP contribution is -2.52. The Kier molecular flexibility index (Phi) is 8.66. The van der Waals surface area contributed by atoms with Crippen LogP contribution in [0.3, 0.4) is 0 Å². The summed E-state index contributed by atoms with van der Waals surface area (Å²) < 4.78 is 17.8. The van der Waals surface area contributed by atoms with Gasteiger partial charge in [0.2, 0.25) is 5.91 Å². The first-order valence-electron chi connectivity index (χ1n) is 11.5. The average Bonchev–Trinajstić information content (AvgIpc) is 2.78. The molecule has 8 nitrogen and oxygen atoms in total. The molecule has 0 bridgehead atoms. The molecule has 0 aliphatic carbocycles. The normalized spacial score (nSPS) is 15.4. The van der Waals surface area contributed by atoms with Crippen LogP contribution in [0.5, 0.6) is 11.5 Å². The summed E-state index contributed by atoms with van der Waals surface area (Å²) in [7, 11) is 5.53. The van der Waals surface area contributed by atoms with Crippen molar-refractivity contribution in [3.8, 4) is 11.5 Å². The number of carbonyl (C=O) groups is 2. The zero-order chi connectivity index (χ0) is 25.8. The van der Waals surface area contributed by atoms with E-state index in [0.717, 1.165) is 22.1 Å². The summed E-state index contributed by atoms with van der Waals surface area (Å²) in [6.07, 6.45) is -0.179. The Labute approximate surface area is 215 Å². The third kappa shape index (κ3) is 7.35. The maximum absolute atomic E-state index is 13.5. The molecule has 35 heavy (non-hydrogen) atoms. The summed E-state index contributed by atoms with van der Waals surface area (Å²) in [6, 6.07) is 10.4. The SMILES string of the molecule is COc1ccc2c(c1)CN(C(=O)OC(C)(C)C)[C@@H](C(=O)Nc1ccc(Br)cc1OCCN(C)C)C2. The molecule has 0 fully saturated rings. The zero-order valence-electron chi connectivity index (χ0n) is 21.2. The number of amides is 2. The van der Waals surface area contributed by atoms with E-state index in [0.29, 0.717) is 30.2 Å². The van der Waals surface area contributed by atoms with Gasteiger partial charge < -0.3 is 24.4 Å². The molecule has 0 aromatic heterocycles. The maximum Gasteiger partial charge on any atom is 0.411 e. The quantitative estimate of drug-likeness (QED) is 0.541. The van der Waals surface area contributed by atoms with Gasteiger partial charge in [-0.3, -0.25) is 9.69 Å². The molecule has 3 rings (SSSR count). The monoisotopic (exact) mass is 547 g/mol. The molecule has 0 spiro atoms. The van der Waals surface area contributed by atoms with E-state index in [1.54, 1.807) is 33.9 Å². The third-order valence-corrected chi connectivity index (χ3v) is 5.97. The van der Waals surface area contributed by atoms with Gasteiger partial charge in [-0.1, -0.05) is 22.0 Å². The number of nitrogens with zero attached hydrogens (tertiary/aromatic N) is 2. The fourth-order valence-electron chi connectivity index (χ4n) is 3.71. The number of hydrogen-bond donors (Lipinski definition) is 1. The number of methoxy groups -OCH3 is 1.